The van der Waals surface area contributed by atoms with Crippen molar-refractivity contribution in [3.63, 3.8) is 0 Å². The summed E-state index contributed by atoms with van der Waals surface area (Å²) >= 11 is 0. The molecule has 7 heteroatoms. The van der Waals surface area contributed by atoms with E-state index in [4.69, 9.17) is 4.74 Å². The molecule has 0 atom stereocenters. The number of benzene rings is 2. The maximum absolute atomic E-state index is 11.9. The van der Waals surface area contributed by atoms with Crippen LogP contribution in [-0.2, 0) is 11.3 Å². The standard InChI is InChI=1S/C25H25N5O2/c1-3-23(31)29-11-13-30(14-12-29)24-21-16-28(17-22(21)26-25(27-24)32-2)15-19-9-6-8-18-7-4-5-10-20(18)19/h3-10,16-17H,1,11-15H2,2H3. The van der Waals surface area contributed by atoms with E-state index < -0.39 is 0 Å². The van der Waals surface area contributed by atoms with Gasteiger partial charge in [-0.15, -0.1) is 0 Å². The van der Waals surface area contributed by atoms with E-state index in [-0.39, 0.29) is 5.91 Å². The zero-order valence-electron chi connectivity index (χ0n) is 18.1. The number of ether oxygens (including phenoxy) is 1. The molecular formula is C25H25N5O2. The lowest BCUT2D eigenvalue weighted by atomic mass is 10.0. The van der Waals surface area contributed by atoms with Crippen LogP contribution in [0.15, 0.2) is 67.5 Å². The number of nitrogens with zero attached hydrogens (tertiary/aromatic N) is 5. The molecule has 0 radical (unpaired) electrons. The molecule has 2 aromatic carbocycles. The molecule has 7 nitrogen and oxygen atoms in total. The summed E-state index contributed by atoms with van der Waals surface area (Å²) < 4.78 is 7.53. The Labute approximate surface area is 186 Å². The highest BCUT2D eigenvalue weighted by Gasteiger charge is 2.23. The Hall–Kier alpha value is -3.87. The molecule has 0 unspecified atom stereocenters. The summed E-state index contributed by atoms with van der Waals surface area (Å²) in [6.45, 7) is 6.99. The predicted octanol–water partition coefficient (Wildman–Crippen LogP) is 3.48. The highest BCUT2D eigenvalue weighted by atomic mass is 16.5. The maximum Gasteiger partial charge on any atom is 0.318 e. The van der Waals surface area contributed by atoms with Crippen LogP contribution in [0.3, 0.4) is 0 Å². The lowest BCUT2D eigenvalue weighted by Crippen LogP contribution is -2.48. The average Bonchev–Trinajstić information content (AvgIpc) is 3.25. The molecule has 0 N–H and O–H groups in total. The average molecular weight is 428 g/mol. The van der Waals surface area contributed by atoms with Crippen LogP contribution in [-0.4, -0.2) is 58.6 Å². The van der Waals surface area contributed by atoms with E-state index in [0.717, 1.165) is 23.3 Å². The van der Waals surface area contributed by atoms with Gasteiger partial charge >= 0.3 is 6.01 Å². The third kappa shape index (κ3) is 3.66. The van der Waals surface area contributed by atoms with Gasteiger partial charge in [-0.3, -0.25) is 4.79 Å². The number of carbonyl (C=O) groups excluding carboxylic acids is 1. The van der Waals surface area contributed by atoms with Gasteiger partial charge < -0.3 is 19.1 Å². The lowest BCUT2D eigenvalue weighted by Gasteiger charge is -2.35. The molecule has 162 valence electrons. The zero-order valence-corrected chi connectivity index (χ0v) is 18.1. The van der Waals surface area contributed by atoms with Crippen molar-refractivity contribution in [3.8, 4) is 6.01 Å². The molecule has 1 saturated heterocycles. The van der Waals surface area contributed by atoms with Crippen LogP contribution in [0.25, 0.3) is 21.7 Å². The Morgan fingerprint density at radius 3 is 2.59 bits per heavy atom. The third-order valence-electron chi connectivity index (χ3n) is 6.00. The number of rotatable bonds is 5. The number of anilines is 1. The summed E-state index contributed by atoms with van der Waals surface area (Å²) in [5.74, 6) is 0.811. The highest BCUT2D eigenvalue weighted by Crippen LogP contribution is 2.29. The van der Waals surface area contributed by atoms with E-state index in [2.05, 4.69) is 74.7 Å². The monoisotopic (exact) mass is 427 g/mol. The minimum atomic E-state index is -0.0312. The molecule has 5 rings (SSSR count). The number of methoxy groups -OCH3 is 1. The van der Waals surface area contributed by atoms with Gasteiger partial charge in [0.05, 0.1) is 18.0 Å². The highest BCUT2D eigenvalue weighted by molar-refractivity contribution is 5.91. The van der Waals surface area contributed by atoms with E-state index in [0.29, 0.717) is 32.2 Å². The molecule has 1 aliphatic rings. The van der Waals surface area contributed by atoms with Crippen LogP contribution in [0.4, 0.5) is 5.82 Å². The van der Waals surface area contributed by atoms with Gasteiger partial charge in [0.2, 0.25) is 5.91 Å². The molecule has 4 aromatic rings. The molecule has 3 heterocycles. The van der Waals surface area contributed by atoms with E-state index >= 15 is 0 Å². The second-order valence-electron chi connectivity index (χ2n) is 7.92. The number of fused-ring (bicyclic) bond motifs is 2. The van der Waals surface area contributed by atoms with E-state index in [1.165, 1.54) is 22.4 Å². The molecule has 1 amide bonds. The van der Waals surface area contributed by atoms with Gasteiger partial charge in [-0.1, -0.05) is 49.0 Å². The van der Waals surface area contributed by atoms with Crippen LogP contribution in [0.5, 0.6) is 6.01 Å². The first-order valence-corrected chi connectivity index (χ1v) is 10.7. The van der Waals surface area contributed by atoms with Crippen molar-refractivity contribution < 1.29 is 9.53 Å². The first kappa shape index (κ1) is 20.1. The number of amides is 1. The summed E-state index contributed by atoms with van der Waals surface area (Å²) in [7, 11) is 1.58. The summed E-state index contributed by atoms with van der Waals surface area (Å²) in [4.78, 5) is 25.2. The molecule has 1 aliphatic heterocycles. The number of hydrogen-bond donors (Lipinski definition) is 0. The van der Waals surface area contributed by atoms with Crippen molar-refractivity contribution in [3.05, 3.63) is 73.1 Å². The molecule has 0 bridgehead atoms. The minimum absolute atomic E-state index is 0.0312. The van der Waals surface area contributed by atoms with Gasteiger partial charge in [0.25, 0.3) is 0 Å². The normalized spacial score (nSPS) is 14.2. The fraction of sp³-hybridized carbons (Fsp3) is 0.240. The predicted molar refractivity (Wildman–Crippen MR) is 126 cm³/mol. The Balaban J connectivity index is 1.48. The summed E-state index contributed by atoms with van der Waals surface area (Å²) in [5.41, 5.74) is 2.10. The molecule has 0 saturated carbocycles. The molecular weight excluding hydrogens is 402 g/mol. The van der Waals surface area contributed by atoms with Gasteiger partial charge in [0, 0.05) is 45.1 Å². The summed E-state index contributed by atoms with van der Waals surface area (Å²) in [6, 6.07) is 15.2. The number of aromatic nitrogens is 3. The van der Waals surface area contributed by atoms with E-state index in [9.17, 15) is 4.79 Å². The van der Waals surface area contributed by atoms with E-state index in [1.54, 1.807) is 7.11 Å². The fourth-order valence-corrected chi connectivity index (χ4v) is 4.35. The fourth-order valence-electron chi connectivity index (χ4n) is 4.35. The van der Waals surface area contributed by atoms with Crippen LogP contribution < -0.4 is 9.64 Å². The molecule has 0 spiro atoms. The van der Waals surface area contributed by atoms with Crippen molar-refractivity contribution in [1.82, 2.24) is 19.4 Å². The van der Waals surface area contributed by atoms with Crippen LogP contribution in [0.2, 0.25) is 0 Å². The topological polar surface area (TPSA) is 63.5 Å². The maximum atomic E-state index is 11.9. The minimum Gasteiger partial charge on any atom is -0.467 e. The second kappa shape index (κ2) is 8.34. The second-order valence-corrected chi connectivity index (χ2v) is 7.92. The molecule has 1 fully saturated rings. The Morgan fingerprint density at radius 2 is 1.81 bits per heavy atom. The number of piperazine rings is 1. The molecule has 0 aliphatic carbocycles. The van der Waals surface area contributed by atoms with Gasteiger partial charge in [-0.25, -0.2) is 0 Å². The number of carbonyl (C=O) groups is 1. The van der Waals surface area contributed by atoms with Gasteiger partial charge in [0.15, 0.2) is 0 Å². The molecule has 32 heavy (non-hydrogen) atoms. The van der Waals surface area contributed by atoms with E-state index in [1.807, 2.05) is 11.1 Å². The Bertz CT molecular complexity index is 1300. The van der Waals surface area contributed by atoms with Crippen molar-refractivity contribution in [2.75, 3.05) is 38.2 Å². The van der Waals surface area contributed by atoms with Crippen molar-refractivity contribution in [1.29, 1.82) is 0 Å². The SMILES string of the molecule is C=CC(=O)N1CCN(c2nc(OC)nc3cn(Cc4cccc5ccccc45)cc23)CC1. The van der Waals surface area contributed by atoms with Gasteiger partial charge in [-0.05, 0) is 22.4 Å². The summed E-state index contributed by atoms with van der Waals surface area (Å²) in [5, 5.41) is 3.46. The Morgan fingerprint density at radius 1 is 1.03 bits per heavy atom. The quantitative estimate of drug-likeness (QED) is 0.457. The Kier molecular flexibility index (Phi) is 5.23. The smallest absolute Gasteiger partial charge is 0.318 e. The summed E-state index contributed by atoms with van der Waals surface area (Å²) in [6.07, 6.45) is 5.52. The van der Waals surface area contributed by atoms with Gasteiger partial charge in [0.1, 0.15) is 5.82 Å². The van der Waals surface area contributed by atoms with Crippen LogP contribution >= 0.6 is 0 Å². The van der Waals surface area contributed by atoms with Crippen molar-refractivity contribution in [2.24, 2.45) is 0 Å². The molecule has 2 aromatic heterocycles. The number of hydrogen-bond acceptors (Lipinski definition) is 5. The first-order chi connectivity index (χ1) is 15.7. The van der Waals surface area contributed by atoms with Crippen LogP contribution in [0, 0.1) is 0 Å². The van der Waals surface area contributed by atoms with Crippen molar-refractivity contribution in [2.45, 2.75) is 6.54 Å². The third-order valence-corrected chi connectivity index (χ3v) is 6.00. The van der Waals surface area contributed by atoms with Crippen molar-refractivity contribution >= 4 is 33.4 Å². The van der Waals surface area contributed by atoms with Gasteiger partial charge in [-0.2, -0.15) is 9.97 Å². The lowest BCUT2D eigenvalue weighted by molar-refractivity contribution is -0.126. The zero-order chi connectivity index (χ0) is 22.1. The largest absolute Gasteiger partial charge is 0.467 e. The first-order valence-electron chi connectivity index (χ1n) is 10.7. The van der Waals surface area contributed by atoms with Crippen LogP contribution in [0.1, 0.15) is 5.56 Å².